The molecule has 1 saturated heterocycles. The van der Waals surface area contributed by atoms with Crippen LogP contribution in [0, 0.1) is 17.8 Å². The molecule has 1 amide bonds. The maximum atomic E-state index is 13.0. The molecule has 4 bridgehead atoms. The molecule has 1 aliphatic heterocycles. The number of nitrogens with one attached hydrogen (secondary N) is 1. The van der Waals surface area contributed by atoms with Crippen molar-refractivity contribution in [2.75, 3.05) is 6.54 Å². The predicted molar refractivity (Wildman–Crippen MR) is 83.9 cm³/mol. The molecular weight excluding hydrogens is 260 g/mol. The van der Waals surface area contributed by atoms with Crippen molar-refractivity contribution in [2.24, 2.45) is 17.8 Å². The molecule has 1 N–H and O–H groups in total. The lowest BCUT2D eigenvalue weighted by molar-refractivity contribution is -0.157. The molecule has 5 fully saturated rings. The summed E-state index contributed by atoms with van der Waals surface area (Å²) in [5, 5.41) is 3.50. The van der Waals surface area contributed by atoms with Crippen LogP contribution < -0.4 is 5.32 Å². The summed E-state index contributed by atoms with van der Waals surface area (Å²) < 4.78 is 0. The number of amides is 1. The zero-order valence-corrected chi connectivity index (χ0v) is 13.6. The van der Waals surface area contributed by atoms with E-state index in [0.717, 1.165) is 30.7 Å². The Morgan fingerprint density at radius 3 is 2.19 bits per heavy atom. The molecule has 4 aliphatic carbocycles. The second-order valence-electron chi connectivity index (χ2n) is 8.65. The van der Waals surface area contributed by atoms with Crippen LogP contribution in [-0.2, 0) is 4.79 Å². The average Bonchev–Trinajstić information content (AvgIpc) is 2.39. The summed E-state index contributed by atoms with van der Waals surface area (Å²) in [5.41, 5.74) is 0.253. The van der Waals surface area contributed by atoms with Crippen molar-refractivity contribution in [3.63, 3.8) is 0 Å². The molecule has 1 heterocycles. The molecule has 5 aliphatic rings. The van der Waals surface area contributed by atoms with E-state index in [0.29, 0.717) is 11.9 Å². The van der Waals surface area contributed by atoms with Gasteiger partial charge in [-0.1, -0.05) is 13.8 Å². The summed E-state index contributed by atoms with van der Waals surface area (Å²) in [5.74, 6) is 3.17. The molecule has 1 unspecified atom stereocenters. The van der Waals surface area contributed by atoms with E-state index in [4.69, 9.17) is 0 Å². The molecule has 21 heavy (non-hydrogen) atoms. The van der Waals surface area contributed by atoms with E-state index >= 15 is 0 Å². The number of piperidine rings is 1. The Kier molecular flexibility index (Phi) is 3.33. The third kappa shape index (κ3) is 2.32. The minimum absolute atomic E-state index is 0.0757. The van der Waals surface area contributed by atoms with Crippen molar-refractivity contribution in [1.29, 1.82) is 0 Å². The molecule has 0 radical (unpaired) electrons. The average molecular weight is 290 g/mol. The van der Waals surface area contributed by atoms with Crippen LogP contribution in [0.2, 0.25) is 0 Å². The highest BCUT2D eigenvalue weighted by Gasteiger charge is 2.55. The van der Waals surface area contributed by atoms with Gasteiger partial charge in [0.25, 0.3) is 0 Å². The predicted octanol–water partition coefficient (Wildman–Crippen LogP) is 2.94. The Bertz CT molecular complexity index is 396. The van der Waals surface area contributed by atoms with Crippen molar-refractivity contribution >= 4 is 5.91 Å². The van der Waals surface area contributed by atoms with Gasteiger partial charge in [-0.15, -0.1) is 0 Å². The normalized spacial score (nSPS) is 45.7. The largest absolute Gasteiger partial charge is 0.336 e. The van der Waals surface area contributed by atoms with Crippen molar-refractivity contribution in [2.45, 2.75) is 82.8 Å². The highest BCUT2D eigenvalue weighted by molar-refractivity contribution is 5.83. The van der Waals surface area contributed by atoms with E-state index in [1.807, 2.05) is 0 Å². The van der Waals surface area contributed by atoms with E-state index in [1.165, 1.54) is 44.9 Å². The van der Waals surface area contributed by atoms with Crippen molar-refractivity contribution in [3.05, 3.63) is 0 Å². The third-order valence-corrected chi connectivity index (χ3v) is 6.55. The number of carbonyl (C=O) groups excluding carboxylic acids is 1. The Hall–Kier alpha value is -0.570. The third-order valence-electron chi connectivity index (χ3n) is 6.55. The Morgan fingerprint density at radius 2 is 1.67 bits per heavy atom. The second-order valence-corrected chi connectivity index (χ2v) is 8.65. The van der Waals surface area contributed by atoms with E-state index in [1.54, 1.807) is 0 Å². The fraction of sp³-hybridized carbons (Fsp3) is 0.944. The van der Waals surface area contributed by atoms with Crippen LogP contribution in [0.4, 0.5) is 0 Å². The van der Waals surface area contributed by atoms with Gasteiger partial charge < -0.3 is 10.2 Å². The maximum Gasteiger partial charge on any atom is 0.240 e. The first-order chi connectivity index (χ1) is 10.1. The SMILES string of the molecule is CC(C)NC1CCCN(C23CC4CC(CC(C4)C2)C3)C1=O. The van der Waals surface area contributed by atoms with Gasteiger partial charge in [0.1, 0.15) is 0 Å². The highest BCUT2D eigenvalue weighted by atomic mass is 16.2. The van der Waals surface area contributed by atoms with Gasteiger partial charge in [0, 0.05) is 18.1 Å². The molecule has 0 aromatic carbocycles. The van der Waals surface area contributed by atoms with Gasteiger partial charge in [0.15, 0.2) is 0 Å². The van der Waals surface area contributed by atoms with E-state index < -0.39 is 0 Å². The summed E-state index contributed by atoms with van der Waals surface area (Å²) >= 11 is 0. The number of likely N-dealkylation sites (tertiary alicyclic amines) is 1. The smallest absolute Gasteiger partial charge is 0.240 e. The number of carbonyl (C=O) groups is 1. The number of hydrogen-bond donors (Lipinski definition) is 1. The number of rotatable bonds is 3. The van der Waals surface area contributed by atoms with Gasteiger partial charge in [0.05, 0.1) is 6.04 Å². The van der Waals surface area contributed by atoms with Crippen LogP contribution in [0.15, 0.2) is 0 Å². The number of hydrogen-bond acceptors (Lipinski definition) is 2. The van der Waals surface area contributed by atoms with E-state index in [9.17, 15) is 4.79 Å². The Labute approximate surface area is 128 Å². The minimum atomic E-state index is 0.0757. The van der Waals surface area contributed by atoms with Crippen LogP contribution in [0.3, 0.4) is 0 Å². The second kappa shape index (κ2) is 4.97. The van der Waals surface area contributed by atoms with Crippen LogP contribution in [-0.4, -0.2) is 35.0 Å². The quantitative estimate of drug-likeness (QED) is 0.867. The Balaban J connectivity index is 1.56. The van der Waals surface area contributed by atoms with Gasteiger partial charge in [-0.25, -0.2) is 0 Å². The molecule has 4 saturated carbocycles. The first kappa shape index (κ1) is 14.0. The maximum absolute atomic E-state index is 13.0. The van der Waals surface area contributed by atoms with Crippen LogP contribution >= 0.6 is 0 Å². The molecule has 5 rings (SSSR count). The lowest BCUT2D eigenvalue weighted by Crippen LogP contribution is -2.66. The summed E-state index contributed by atoms with van der Waals surface area (Å²) in [6.07, 6.45) is 10.5. The molecule has 1 atom stereocenters. The fourth-order valence-corrected chi connectivity index (χ4v) is 6.30. The summed E-state index contributed by atoms with van der Waals surface area (Å²) in [4.78, 5) is 15.4. The summed E-state index contributed by atoms with van der Waals surface area (Å²) in [6.45, 7) is 5.31. The van der Waals surface area contributed by atoms with Gasteiger partial charge in [-0.3, -0.25) is 4.79 Å². The van der Waals surface area contributed by atoms with Crippen molar-refractivity contribution < 1.29 is 4.79 Å². The molecule has 0 aromatic heterocycles. The summed E-state index contributed by atoms with van der Waals surface area (Å²) in [7, 11) is 0. The van der Waals surface area contributed by atoms with E-state index in [-0.39, 0.29) is 11.6 Å². The van der Waals surface area contributed by atoms with Gasteiger partial charge in [0.2, 0.25) is 5.91 Å². The Morgan fingerprint density at radius 1 is 1.10 bits per heavy atom. The lowest BCUT2D eigenvalue weighted by atomic mass is 9.52. The molecular formula is C18H30N2O. The van der Waals surface area contributed by atoms with Crippen LogP contribution in [0.25, 0.3) is 0 Å². The molecule has 3 nitrogen and oxygen atoms in total. The lowest BCUT2D eigenvalue weighted by Gasteiger charge is -2.61. The first-order valence-corrected chi connectivity index (χ1v) is 9.13. The fourth-order valence-electron chi connectivity index (χ4n) is 6.30. The molecule has 3 heteroatoms. The molecule has 0 spiro atoms. The standard InChI is InChI=1S/C18H30N2O/c1-12(2)19-16-4-3-5-20(17(16)21)18-9-13-6-14(10-18)8-15(7-13)11-18/h12-16,19H,3-11H2,1-2H3. The topological polar surface area (TPSA) is 32.3 Å². The number of nitrogens with zero attached hydrogens (tertiary/aromatic N) is 1. The zero-order chi connectivity index (χ0) is 14.6. The van der Waals surface area contributed by atoms with Crippen LogP contribution in [0.5, 0.6) is 0 Å². The van der Waals surface area contributed by atoms with Gasteiger partial charge in [-0.2, -0.15) is 0 Å². The molecule has 0 aromatic rings. The highest BCUT2D eigenvalue weighted by Crippen LogP contribution is 2.58. The minimum Gasteiger partial charge on any atom is -0.336 e. The summed E-state index contributed by atoms with van der Waals surface area (Å²) in [6, 6.07) is 0.474. The van der Waals surface area contributed by atoms with Crippen LogP contribution in [0.1, 0.15) is 65.2 Å². The van der Waals surface area contributed by atoms with Gasteiger partial charge >= 0.3 is 0 Å². The van der Waals surface area contributed by atoms with E-state index in [2.05, 4.69) is 24.1 Å². The zero-order valence-electron chi connectivity index (χ0n) is 13.6. The van der Waals surface area contributed by atoms with Gasteiger partial charge in [-0.05, 0) is 69.1 Å². The first-order valence-electron chi connectivity index (χ1n) is 9.13. The van der Waals surface area contributed by atoms with Crippen molar-refractivity contribution in [1.82, 2.24) is 10.2 Å². The molecule has 118 valence electrons. The monoisotopic (exact) mass is 290 g/mol. The van der Waals surface area contributed by atoms with Crippen molar-refractivity contribution in [3.8, 4) is 0 Å².